The van der Waals surface area contributed by atoms with Gasteiger partial charge in [0.2, 0.25) is 10.0 Å². The van der Waals surface area contributed by atoms with Crippen LogP contribution >= 0.6 is 0 Å². The first-order chi connectivity index (χ1) is 13.9. The predicted molar refractivity (Wildman–Crippen MR) is 110 cm³/mol. The monoisotopic (exact) mass is 408 g/mol. The number of rotatable bonds is 4. The minimum atomic E-state index is -3.53. The van der Waals surface area contributed by atoms with Gasteiger partial charge in [-0.05, 0) is 49.2 Å². The van der Waals surface area contributed by atoms with E-state index < -0.39 is 10.0 Å². The number of nitrogens with zero attached hydrogens (tertiary/aromatic N) is 4. The van der Waals surface area contributed by atoms with Crippen LogP contribution in [0.1, 0.15) is 24.2 Å². The zero-order valence-electron chi connectivity index (χ0n) is 15.9. The van der Waals surface area contributed by atoms with Gasteiger partial charge in [-0.2, -0.15) is 9.57 Å². The van der Waals surface area contributed by atoms with E-state index in [-0.39, 0.29) is 16.2 Å². The SMILES string of the molecule is Cn1c(/C(C#N)=C(\O)c2ccc(S(=O)(=O)N3CCCC3)cc2)nc2ccccc21. The van der Waals surface area contributed by atoms with Gasteiger partial charge in [0.15, 0.2) is 5.82 Å². The number of hydrogen-bond donors (Lipinski definition) is 1. The molecule has 0 aliphatic carbocycles. The Morgan fingerprint density at radius 3 is 2.38 bits per heavy atom. The zero-order valence-corrected chi connectivity index (χ0v) is 16.7. The van der Waals surface area contributed by atoms with Gasteiger partial charge in [-0.3, -0.25) is 0 Å². The highest BCUT2D eigenvalue weighted by molar-refractivity contribution is 7.89. The number of allylic oxidation sites excluding steroid dienone is 1. The Morgan fingerprint density at radius 2 is 1.76 bits per heavy atom. The second-order valence-corrected chi connectivity index (χ2v) is 8.89. The van der Waals surface area contributed by atoms with Crippen molar-refractivity contribution in [3.8, 4) is 6.07 Å². The zero-order chi connectivity index (χ0) is 20.6. The molecule has 1 N–H and O–H groups in total. The van der Waals surface area contributed by atoms with E-state index in [1.807, 2.05) is 30.3 Å². The van der Waals surface area contributed by atoms with Crippen molar-refractivity contribution >= 4 is 32.4 Å². The van der Waals surface area contributed by atoms with Crippen molar-refractivity contribution in [2.24, 2.45) is 7.05 Å². The molecule has 0 bridgehead atoms. The van der Waals surface area contributed by atoms with Crippen molar-refractivity contribution < 1.29 is 13.5 Å². The second kappa shape index (κ2) is 7.35. The number of imidazole rings is 1. The molecule has 0 spiro atoms. The first-order valence-corrected chi connectivity index (χ1v) is 10.7. The molecule has 1 aliphatic heterocycles. The molecule has 0 unspecified atom stereocenters. The predicted octanol–water partition coefficient (Wildman–Crippen LogP) is 3.31. The lowest BCUT2D eigenvalue weighted by Gasteiger charge is -2.15. The average molecular weight is 408 g/mol. The fourth-order valence-electron chi connectivity index (χ4n) is 3.58. The van der Waals surface area contributed by atoms with Crippen molar-refractivity contribution in [2.75, 3.05) is 13.1 Å². The Bertz CT molecular complexity index is 1250. The summed E-state index contributed by atoms with van der Waals surface area (Å²) in [7, 11) is -1.75. The topological polar surface area (TPSA) is 99.2 Å². The van der Waals surface area contributed by atoms with Crippen LogP contribution in [-0.4, -0.2) is 40.5 Å². The van der Waals surface area contributed by atoms with Gasteiger partial charge in [-0.1, -0.05) is 12.1 Å². The van der Waals surface area contributed by atoms with Crippen LogP contribution in [0.5, 0.6) is 0 Å². The Labute approximate surface area is 169 Å². The number of fused-ring (bicyclic) bond motifs is 1. The molecule has 148 valence electrons. The summed E-state index contributed by atoms with van der Waals surface area (Å²) in [5, 5.41) is 20.4. The smallest absolute Gasteiger partial charge is 0.243 e. The quantitative estimate of drug-likeness (QED) is 0.527. The van der Waals surface area contributed by atoms with Crippen LogP contribution in [0.3, 0.4) is 0 Å². The molecule has 1 aromatic heterocycles. The molecule has 1 fully saturated rings. The lowest BCUT2D eigenvalue weighted by molar-refractivity contribution is 0.477. The van der Waals surface area contributed by atoms with E-state index in [4.69, 9.17) is 0 Å². The van der Waals surface area contributed by atoms with Gasteiger partial charge in [0.25, 0.3) is 0 Å². The third kappa shape index (κ3) is 3.28. The molecule has 0 radical (unpaired) electrons. The van der Waals surface area contributed by atoms with Crippen molar-refractivity contribution in [1.29, 1.82) is 5.26 Å². The number of benzene rings is 2. The molecule has 1 aliphatic rings. The highest BCUT2D eigenvalue weighted by atomic mass is 32.2. The van der Waals surface area contributed by atoms with Crippen molar-refractivity contribution in [3.05, 3.63) is 59.9 Å². The van der Waals surface area contributed by atoms with Crippen molar-refractivity contribution in [2.45, 2.75) is 17.7 Å². The van der Waals surface area contributed by atoms with Gasteiger partial charge in [0, 0.05) is 25.7 Å². The summed E-state index contributed by atoms with van der Waals surface area (Å²) < 4.78 is 28.5. The molecule has 0 amide bonds. The van der Waals surface area contributed by atoms with Crippen LogP contribution < -0.4 is 0 Å². The van der Waals surface area contributed by atoms with E-state index in [0.29, 0.717) is 24.5 Å². The minimum absolute atomic E-state index is 0.0267. The maximum Gasteiger partial charge on any atom is 0.243 e. The number of aliphatic hydroxyl groups is 1. The number of nitriles is 1. The van der Waals surface area contributed by atoms with Gasteiger partial charge in [-0.15, -0.1) is 0 Å². The molecular weight excluding hydrogens is 388 g/mol. The number of aryl methyl sites for hydroxylation is 1. The largest absolute Gasteiger partial charge is 0.506 e. The van der Waals surface area contributed by atoms with E-state index in [9.17, 15) is 18.8 Å². The van der Waals surface area contributed by atoms with Crippen LogP contribution in [0.4, 0.5) is 0 Å². The van der Waals surface area contributed by atoms with Gasteiger partial charge >= 0.3 is 0 Å². The summed E-state index contributed by atoms with van der Waals surface area (Å²) in [5.41, 5.74) is 1.94. The van der Waals surface area contributed by atoms with Crippen LogP contribution in [0, 0.1) is 11.3 Å². The van der Waals surface area contributed by atoms with Crippen LogP contribution in [0.2, 0.25) is 0 Å². The van der Waals surface area contributed by atoms with Gasteiger partial charge in [0.1, 0.15) is 17.4 Å². The molecular formula is C21H20N4O3S. The van der Waals surface area contributed by atoms with Gasteiger partial charge in [0.05, 0.1) is 15.9 Å². The van der Waals surface area contributed by atoms with E-state index in [2.05, 4.69) is 4.98 Å². The first-order valence-electron chi connectivity index (χ1n) is 9.29. The Hall–Kier alpha value is -3.15. The summed E-state index contributed by atoms with van der Waals surface area (Å²) in [6.07, 6.45) is 1.73. The summed E-state index contributed by atoms with van der Waals surface area (Å²) in [6, 6.07) is 15.4. The Balaban J connectivity index is 1.73. The maximum absolute atomic E-state index is 12.7. The molecule has 2 heterocycles. The molecule has 2 aromatic carbocycles. The third-order valence-corrected chi connectivity index (χ3v) is 7.10. The summed E-state index contributed by atoms with van der Waals surface area (Å²) >= 11 is 0. The number of sulfonamides is 1. The van der Waals surface area contributed by atoms with Crippen molar-refractivity contribution in [3.63, 3.8) is 0 Å². The lowest BCUT2D eigenvalue weighted by atomic mass is 10.1. The molecule has 0 saturated carbocycles. The molecule has 29 heavy (non-hydrogen) atoms. The Kier molecular flexibility index (Phi) is 4.86. The standard InChI is InChI=1S/C21H20N4O3S/c1-24-19-7-3-2-6-18(19)23-21(24)17(14-22)20(26)15-8-10-16(11-9-15)29(27,28)25-12-4-5-13-25/h2-3,6-11,26H,4-5,12-13H2,1H3/b20-17-. The summed E-state index contributed by atoms with van der Waals surface area (Å²) in [6.45, 7) is 1.06. The molecule has 3 aromatic rings. The normalized spacial score (nSPS) is 16.0. The van der Waals surface area contributed by atoms with E-state index in [0.717, 1.165) is 23.9 Å². The van der Waals surface area contributed by atoms with Gasteiger partial charge in [-0.25, -0.2) is 13.4 Å². The van der Waals surface area contributed by atoms with Gasteiger partial charge < -0.3 is 9.67 Å². The first kappa shape index (κ1) is 19.2. The fraction of sp³-hybridized carbons (Fsp3) is 0.238. The number of para-hydroxylation sites is 2. The van der Waals surface area contributed by atoms with Crippen molar-refractivity contribution in [1.82, 2.24) is 13.9 Å². The third-order valence-electron chi connectivity index (χ3n) is 5.19. The molecule has 7 nitrogen and oxygen atoms in total. The Morgan fingerprint density at radius 1 is 1.10 bits per heavy atom. The van der Waals surface area contributed by atoms with Crippen LogP contribution in [-0.2, 0) is 17.1 Å². The molecule has 0 atom stereocenters. The van der Waals surface area contributed by atoms with E-state index in [1.54, 1.807) is 11.6 Å². The highest BCUT2D eigenvalue weighted by Crippen LogP contribution is 2.28. The fourth-order valence-corrected chi connectivity index (χ4v) is 5.10. The average Bonchev–Trinajstić information content (AvgIpc) is 3.39. The summed E-state index contributed by atoms with van der Waals surface area (Å²) in [5.74, 6) is 0.107. The lowest BCUT2D eigenvalue weighted by Crippen LogP contribution is -2.27. The highest BCUT2D eigenvalue weighted by Gasteiger charge is 2.27. The molecule has 4 rings (SSSR count). The molecule has 1 saturated heterocycles. The number of aromatic nitrogens is 2. The van der Waals surface area contributed by atoms with Crippen LogP contribution in [0.25, 0.3) is 22.4 Å². The number of hydrogen-bond acceptors (Lipinski definition) is 5. The summed E-state index contributed by atoms with van der Waals surface area (Å²) in [4.78, 5) is 4.64. The second-order valence-electron chi connectivity index (χ2n) is 6.95. The number of aliphatic hydroxyl groups excluding tert-OH is 1. The van der Waals surface area contributed by atoms with E-state index in [1.165, 1.54) is 28.6 Å². The molecule has 8 heteroatoms. The van der Waals surface area contributed by atoms with Crippen LogP contribution in [0.15, 0.2) is 53.4 Å². The van der Waals surface area contributed by atoms with E-state index >= 15 is 0 Å². The maximum atomic E-state index is 12.7. The minimum Gasteiger partial charge on any atom is -0.506 e.